The number of carbonyl (C=O) groups excluding carboxylic acids is 1. The van der Waals surface area contributed by atoms with Crippen LogP contribution in [-0.2, 0) is 17.9 Å². The second kappa shape index (κ2) is 12.4. The molecule has 38 heavy (non-hydrogen) atoms. The van der Waals surface area contributed by atoms with Crippen LogP contribution in [0.25, 0.3) is 0 Å². The van der Waals surface area contributed by atoms with Crippen LogP contribution in [0.4, 0.5) is 9.18 Å². The molecule has 1 saturated heterocycles. The van der Waals surface area contributed by atoms with E-state index in [9.17, 15) is 9.18 Å². The van der Waals surface area contributed by atoms with E-state index in [0.717, 1.165) is 54.9 Å². The maximum Gasteiger partial charge on any atom is 0.410 e. The minimum Gasteiger partial charge on any atom is -0.497 e. The van der Waals surface area contributed by atoms with Crippen LogP contribution in [0, 0.1) is 11.7 Å². The van der Waals surface area contributed by atoms with Crippen LogP contribution in [0.3, 0.4) is 0 Å². The minimum atomic E-state index is -0.316. The molecular formula is C32H37FN2O3. The smallest absolute Gasteiger partial charge is 0.410 e. The Morgan fingerprint density at radius 1 is 0.921 bits per heavy atom. The van der Waals surface area contributed by atoms with E-state index in [4.69, 9.17) is 9.47 Å². The highest BCUT2D eigenvalue weighted by Gasteiger charge is 2.43. The first kappa shape index (κ1) is 26.2. The van der Waals surface area contributed by atoms with Crippen molar-refractivity contribution >= 4 is 6.09 Å². The van der Waals surface area contributed by atoms with Crippen LogP contribution in [-0.4, -0.2) is 48.7 Å². The van der Waals surface area contributed by atoms with Gasteiger partial charge in [-0.15, -0.1) is 0 Å². The number of hydrogen-bond donors (Lipinski definition) is 0. The van der Waals surface area contributed by atoms with Crippen molar-refractivity contribution in [3.05, 3.63) is 101 Å². The standard InChI is InChI=1S/C32H37FN2O3/c1-37-29-16-9-24(10-17-29)21-35(32(36)38-23-25-7-3-2-4-8-25)30-18-13-27(22-34-19-5-6-20-34)31(30)26-11-14-28(33)15-12-26/h2-4,7-12,14-17,27,30-31H,5-6,13,18-23H2,1H3. The summed E-state index contributed by atoms with van der Waals surface area (Å²) in [6.45, 7) is 3.94. The summed E-state index contributed by atoms with van der Waals surface area (Å²) in [7, 11) is 1.65. The number of likely N-dealkylation sites (tertiary alicyclic amines) is 1. The highest BCUT2D eigenvalue weighted by Crippen LogP contribution is 2.44. The van der Waals surface area contributed by atoms with Crippen molar-refractivity contribution in [3.63, 3.8) is 0 Å². The Morgan fingerprint density at radius 2 is 1.63 bits per heavy atom. The number of ether oxygens (including phenoxy) is 2. The second-order valence-electron chi connectivity index (χ2n) is 10.5. The van der Waals surface area contributed by atoms with Crippen molar-refractivity contribution in [3.8, 4) is 5.75 Å². The molecule has 0 aromatic heterocycles. The van der Waals surface area contributed by atoms with Gasteiger partial charge in [-0.1, -0.05) is 54.6 Å². The Bertz CT molecular complexity index is 1160. The molecular weight excluding hydrogens is 479 g/mol. The quantitative estimate of drug-likeness (QED) is 0.320. The van der Waals surface area contributed by atoms with Crippen molar-refractivity contribution in [2.45, 2.75) is 50.8 Å². The van der Waals surface area contributed by atoms with Gasteiger partial charge < -0.3 is 19.3 Å². The zero-order valence-corrected chi connectivity index (χ0v) is 22.1. The molecule has 2 fully saturated rings. The summed E-state index contributed by atoms with van der Waals surface area (Å²) >= 11 is 0. The molecule has 3 aromatic carbocycles. The van der Waals surface area contributed by atoms with Gasteiger partial charge in [0.15, 0.2) is 0 Å². The molecule has 2 aliphatic rings. The van der Waals surface area contributed by atoms with Gasteiger partial charge in [0, 0.05) is 25.0 Å². The number of amides is 1. The number of benzene rings is 3. The lowest BCUT2D eigenvalue weighted by atomic mass is 9.85. The number of carbonyl (C=O) groups is 1. The maximum atomic E-state index is 13.9. The van der Waals surface area contributed by atoms with Gasteiger partial charge in [0.05, 0.1) is 7.11 Å². The summed E-state index contributed by atoms with van der Waals surface area (Å²) in [6, 6.07) is 24.5. The van der Waals surface area contributed by atoms with Crippen LogP contribution >= 0.6 is 0 Å². The summed E-state index contributed by atoms with van der Waals surface area (Å²) < 4.78 is 25.1. The second-order valence-corrected chi connectivity index (χ2v) is 10.5. The summed E-state index contributed by atoms with van der Waals surface area (Å²) in [6.07, 6.45) is 4.08. The topological polar surface area (TPSA) is 42.0 Å². The van der Waals surface area contributed by atoms with E-state index >= 15 is 0 Å². The van der Waals surface area contributed by atoms with Crippen LogP contribution < -0.4 is 4.74 Å². The van der Waals surface area contributed by atoms with Gasteiger partial charge in [-0.05, 0) is 85.6 Å². The average Bonchev–Trinajstić information content (AvgIpc) is 3.62. The molecule has 0 spiro atoms. The van der Waals surface area contributed by atoms with E-state index in [2.05, 4.69) is 4.90 Å². The molecule has 1 aliphatic carbocycles. The summed E-state index contributed by atoms with van der Waals surface area (Å²) in [5.74, 6) is 1.04. The van der Waals surface area contributed by atoms with E-state index in [-0.39, 0.29) is 30.5 Å². The zero-order chi connectivity index (χ0) is 26.3. The molecule has 1 amide bonds. The summed E-state index contributed by atoms with van der Waals surface area (Å²) in [5.41, 5.74) is 3.07. The fourth-order valence-electron chi connectivity index (χ4n) is 6.14. The van der Waals surface area contributed by atoms with Gasteiger partial charge in [-0.3, -0.25) is 0 Å². The van der Waals surface area contributed by atoms with Crippen molar-refractivity contribution in [2.24, 2.45) is 5.92 Å². The summed E-state index contributed by atoms with van der Waals surface area (Å²) in [4.78, 5) is 18.2. The molecule has 3 atom stereocenters. The Labute approximate surface area is 225 Å². The predicted octanol–water partition coefficient (Wildman–Crippen LogP) is 6.63. The lowest BCUT2D eigenvalue weighted by molar-refractivity contribution is 0.0724. The maximum absolute atomic E-state index is 13.9. The summed E-state index contributed by atoms with van der Waals surface area (Å²) in [5, 5.41) is 0. The number of hydrogen-bond acceptors (Lipinski definition) is 4. The molecule has 5 nitrogen and oxygen atoms in total. The number of nitrogens with zero attached hydrogens (tertiary/aromatic N) is 2. The lowest BCUT2D eigenvalue weighted by Crippen LogP contribution is -2.43. The van der Waals surface area contributed by atoms with Crippen molar-refractivity contribution < 1.29 is 18.7 Å². The zero-order valence-electron chi connectivity index (χ0n) is 22.1. The Balaban J connectivity index is 1.43. The fourth-order valence-corrected chi connectivity index (χ4v) is 6.14. The van der Waals surface area contributed by atoms with E-state index in [0.29, 0.717) is 12.5 Å². The largest absolute Gasteiger partial charge is 0.497 e. The third-order valence-corrected chi connectivity index (χ3v) is 8.05. The van der Waals surface area contributed by atoms with Gasteiger partial charge in [-0.25, -0.2) is 9.18 Å². The lowest BCUT2D eigenvalue weighted by Gasteiger charge is -2.35. The van der Waals surface area contributed by atoms with E-state index in [1.165, 1.54) is 12.8 Å². The Morgan fingerprint density at radius 3 is 2.32 bits per heavy atom. The highest BCUT2D eigenvalue weighted by atomic mass is 19.1. The molecule has 1 heterocycles. The molecule has 0 bridgehead atoms. The molecule has 6 heteroatoms. The van der Waals surface area contributed by atoms with Gasteiger partial charge >= 0.3 is 6.09 Å². The van der Waals surface area contributed by atoms with E-state index in [1.54, 1.807) is 19.2 Å². The number of methoxy groups -OCH3 is 1. The van der Waals surface area contributed by atoms with Crippen molar-refractivity contribution in [2.75, 3.05) is 26.7 Å². The first-order valence-corrected chi connectivity index (χ1v) is 13.7. The normalized spacial score (nSPS) is 21.4. The first-order chi connectivity index (χ1) is 18.6. The molecule has 200 valence electrons. The first-order valence-electron chi connectivity index (χ1n) is 13.7. The Kier molecular flexibility index (Phi) is 8.59. The molecule has 1 saturated carbocycles. The third-order valence-electron chi connectivity index (χ3n) is 8.05. The molecule has 0 N–H and O–H groups in total. The SMILES string of the molecule is COc1ccc(CN(C(=O)OCc2ccccc2)C2CCC(CN3CCCC3)C2c2ccc(F)cc2)cc1. The van der Waals surface area contributed by atoms with Crippen LogP contribution in [0.5, 0.6) is 5.75 Å². The molecule has 1 aliphatic heterocycles. The molecule has 3 unspecified atom stereocenters. The average molecular weight is 517 g/mol. The van der Waals surface area contributed by atoms with Crippen LogP contribution in [0.1, 0.15) is 48.3 Å². The molecule has 5 rings (SSSR count). The number of halogens is 1. The van der Waals surface area contributed by atoms with Gasteiger partial charge in [0.1, 0.15) is 18.2 Å². The highest BCUT2D eigenvalue weighted by molar-refractivity contribution is 5.68. The monoisotopic (exact) mass is 516 g/mol. The Hall–Kier alpha value is -3.38. The van der Waals surface area contributed by atoms with Gasteiger partial charge in [0.2, 0.25) is 0 Å². The molecule has 0 radical (unpaired) electrons. The van der Waals surface area contributed by atoms with Crippen molar-refractivity contribution in [1.82, 2.24) is 9.80 Å². The third kappa shape index (κ3) is 6.36. The van der Waals surface area contributed by atoms with Crippen LogP contribution in [0.2, 0.25) is 0 Å². The van der Waals surface area contributed by atoms with Crippen molar-refractivity contribution in [1.29, 1.82) is 0 Å². The fraction of sp³-hybridized carbons (Fsp3) is 0.406. The number of rotatable bonds is 9. The predicted molar refractivity (Wildman–Crippen MR) is 146 cm³/mol. The van der Waals surface area contributed by atoms with E-state index in [1.807, 2.05) is 71.6 Å². The van der Waals surface area contributed by atoms with Gasteiger partial charge in [-0.2, -0.15) is 0 Å². The molecule has 3 aromatic rings. The van der Waals surface area contributed by atoms with E-state index < -0.39 is 0 Å². The minimum absolute atomic E-state index is 0.0431. The van der Waals surface area contributed by atoms with Gasteiger partial charge in [0.25, 0.3) is 0 Å². The van der Waals surface area contributed by atoms with Crippen LogP contribution in [0.15, 0.2) is 78.9 Å².